The lowest BCUT2D eigenvalue weighted by atomic mass is 10.2. The van der Waals surface area contributed by atoms with Crippen molar-refractivity contribution in [2.45, 2.75) is 6.54 Å². The number of amides is 2. The number of fused-ring (bicyclic) bond motifs is 1. The van der Waals surface area contributed by atoms with E-state index in [-0.39, 0.29) is 19.4 Å². The number of carbonyl (C=O) groups is 1. The van der Waals surface area contributed by atoms with Crippen LogP contribution in [0.4, 0.5) is 16.2 Å². The van der Waals surface area contributed by atoms with Crippen LogP contribution in [0, 0.1) is 0 Å². The molecule has 0 aliphatic carbocycles. The van der Waals surface area contributed by atoms with Crippen LogP contribution >= 0.6 is 0 Å². The normalized spacial score (nSPS) is 12.5. The molecule has 3 N–H and O–H groups in total. The van der Waals surface area contributed by atoms with Gasteiger partial charge in [0.1, 0.15) is 0 Å². The number of sulfonamides is 1. The second kappa shape index (κ2) is 6.89. The summed E-state index contributed by atoms with van der Waals surface area (Å²) in [5, 5.41) is 5.40. The fourth-order valence-electron chi connectivity index (χ4n) is 2.29. The molecule has 0 bridgehead atoms. The van der Waals surface area contributed by atoms with Gasteiger partial charge in [0.05, 0.1) is 6.26 Å². The van der Waals surface area contributed by atoms with Crippen molar-refractivity contribution in [3.8, 4) is 11.5 Å². The van der Waals surface area contributed by atoms with E-state index in [9.17, 15) is 13.2 Å². The predicted octanol–water partition coefficient (Wildman–Crippen LogP) is 2.11. The smallest absolute Gasteiger partial charge is 0.319 e. The van der Waals surface area contributed by atoms with Crippen molar-refractivity contribution in [3.63, 3.8) is 0 Å². The Morgan fingerprint density at radius 3 is 2.68 bits per heavy atom. The van der Waals surface area contributed by atoms with Crippen molar-refractivity contribution in [1.29, 1.82) is 0 Å². The Morgan fingerprint density at radius 1 is 1.08 bits per heavy atom. The molecule has 0 saturated carbocycles. The summed E-state index contributed by atoms with van der Waals surface area (Å²) in [7, 11) is -3.34. The molecule has 132 valence electrons. The number of rotatable bonds is 5. The van der Waals surface area contributed by atoms with E-state index in [1.165, 1.54) is 0 Å². The Morgan fingerprint density at radius 2 is 1.88 bits per heavy atom. The van der Waals surface area contributed by atoms with Gasteiger partial charge in [-0.05, 0) is 29.8 Å². The lowest BCUT2D eigenvalue weighted by Gasteiger charge is -2.10. The van der Waals surface area contributed by atoms with Crippen LogP contribution in [0.1, 0.15) is 5.56 Å². The third-order valence-electron chi connectivity index (χ3n) is 3.31. The molecule has 1 heterocycles. The molecular weight excluding hydrogens is 346 g/mol. The van der Waals surface area contributed by atoms with Crippen molar-refractivity contribution in [1.82, 2.24) is 5.32 Å². The molecule has 0 atom stereocenters. The summed E-state index contributed by atoms with van der Waals surface area (Å²) in [4.78, 5) is 12.0. The summed E-state index contributed by atoms with van der Waals surface area (Å²) in [6, 6.07) is 11.5. The van der Waals surface area contributed by atoms with Gasteiger partial charge in [-0.3, -0.25) is 4.72 Å². The van der Waals surface area contributed by atoms with E-state index in [1.807, 2.05) is 0 Å². The average Bonchev–Trinajstić information content (AvgIpc) is 2.99. The zero-order valence-electron chi connectivity index (χ0n) is 13.4. The average molecular weight is 363 g/mol. The van der Waals surface area contributed by atoms with Gasteiger partial charge >= 0.3 is 6.03 Å². The van der Waals surface area contributed by atoms with Crippen molar-refractivity contribution < 1.29 is 22.7 Å². The number of ether oxygens (including phenoxy) is 2. The first-order valence-electron chi connectivity index (χ1n) is 7.40. The van der Waals surface area contributed by atoms with Gasteiger partial charge in [-0.15, -0.1) is 0 Å². The van der Waals surface area contributed by atoms with Crippen LogP contribution in [0.15, 0.2) is 42.5 Å². The topological polar surface area (TPSA) is 106 Å². The maximum atomic E-state index is 12.0. The number of urea groups is 1. The molecule has 0 radical (unpaired) electrons. The van der Waals surface area contributed by atoms with Gasteiger partial charge in [-0.25, -0.2) is 13.2 Å². The zero-order valence-corrected chi connectivity index (χ0v) is 14.2. The van der Waals surface area contributed by atoms with E-state index < -0.39 is 10.0 Å². The molecule has 0 aromatic heterocycles. The van der Waals surface area contributed by atoms with Gasteiger partial charge < -0.3 is 20.1 Å². The molecule has 3 rings (SSSR count). The van der Waals surface area contributed by atoms with Gasteiger partial charge in [-0.2, -0.15) is 0 Å². The second-order valence-corrected chi connectivity index (χ2v) is 7.20. The predicted molar refractivity (Wildman–Crippen MR) is 93.3 cm³/mol. The van der Waals surface area contributed by atoms with Gasteiger partial charge in [0.15, 0.2) is 11.5 Å². The highest BCUT2D eigenvalue weighted by Gasteiger charge is 2.14. The quantitative estimate of drug-likeness (QED) is 0.754. The summed E-state index contributed by atoms with van der Waals surface area (Å²) < 4.78 is 35.4. The lowest BCUT2D eigenvalue weighted by Crippen LogP contribution is -2.28. The first kappa shape index (κ1) is 16.9. The number of benzene rings is 2. The summed E-state index contributed by atoms with van der Waals surface area (Å²) in [6.45, 7) is 0.415. The second-order valence-electron chi connectivity index (χ2n) is 5.45. The highest BCUT2D eigenvalue weighted by Crippen LogP contribution is 2.34. The minimum Gasteiger partial charge on any atom is -0.454 e. The Hall–Kier alpha value is -2.94. The van der Waals surface area contributed by atoms with Gasteiger partial charge in [-0.1, -0.05) is 12.1 Å². The third-order valence-corrected chi connectivity index (χ3v) is 3.92. The lowest BCUT2D eigenvalue weighted by molar-refractivity contribution is 0.174. The molecule has 25 heavy (non-hydrogen) atoms. The largest absolute Gasteiger partial charge is 0.454 e. The molecule has 2 amide bonds. The van der Waals surface area contributed by atoms with Crippen LogP contribution in [0.3, 0.4) is 0 Å². The monoisotopic (exact) mass is 363 g/mol. The van der Waals surface area contributed by atoms with Crippen molar-refractivity contribution in [2.75, 3.05) is 23.1 Å². The molecule has 2 aromatic rings. The van der Waals surface area contributed by atoms with E-state index in [2.05, 4.69) is 15.4 Å². The highest BCUT2D eigenvalue weighted by molar-refractivity contribution is 7.92. The van der Waals surface area contributed by atoms with Crippen LogP contribution in [0.25, 0.3) is 0 Å². The van der Waals surface area contributed by atoms with Crippen molar-refractivity contribution in [2.24, 2.45) is 0 Å². The Labute approximate surface area is 145 Å². The highest BCUT2D eigenvalue weighted by atomic mass is 32.2. The van der Waals surface area contributed by atoms with Gasteiger partial charge in [0.25, 0.3) is 0 Å². The Balaban J connectivity index is 1.56. The molecule has 1 aliphatic heterocycles. The maximum absolute atomic E-state index is 12.0. The molecule has 2 aromatic carbocycles. The van der Waals surface area contributed by atoms with Gasteiger partial charge in [0, 0.05) is 24.0 Å². The number of hydrogen-bond acceptors (Lipinski definition) is 5. The Bertz CT molecular complexity index is 898. The van der Waals surface area contributed by atoms with E-state index in [0.717, 1.165) is 11.8 Å². The van der Waals surface area contributed by atoms with Crippen LogP contribution < -0.4 is 24.8 Å². The van der Waals surface area contributed by atoms with E-state index in [0.29, 0.717) is 22.9 Å². The van der Waals surface area contributed by atoms with Crippen LogP contribution in [-0.2, 0) is 16.6 Å². The summed E-state index contributed by atoms with van der Waals surface area (Å²) in [5.74, 6) is 1.22. The molecule has 0 spiro atoms. The summed E-state index contributed by atoms with van der Waals surface area (Å²) >= 11 is 0. The Kier molecular flexibility index (Phi) is 4.66. The van der Waals surface area contributed by atoms with Gasteiger partial charge in [0.2, 0.25) is 16.8 Å². The molecule has 9 heteroatoms. The molecule has 0 fully saturated rings. The summed E-state index contributed by atoms with van der Waals surface area (Å²) in [6.07, 6.45) is 1.08. The molecule has 8 nitrogen and oxygen atoms in total. The van der Waals surface area contributed by atoms with Crippen LogP contribution in [0.5, 0.6) is 11.5 Å². The molecule has 0 unspecified atom stereocenters. The van der Waals surface area contributed by atoms with E-state index in [4.69, 9.17) is 9.47 Å². The third kappa shape index (κ3) is 4.77. The number of nitrogens with one attached hydrogen (secondary N) is 3. The fraction of sp³-hybridized carbons (Fsp3) is 0.188. The molecular formula is C16H17N3O5S. The van der Waals surface area contributed by atoms with E-state index >= 15 is 0 Å². The van der Waals surface area contributed by atoms with Crippen molar-refractivity contribution in [3.05, 3.63) is 48.0 Å². The standard InChI is InChI=1S/C16H17N3O5S/c1-25(21,22)19-13-4-2-3-11(7-13)9-17-16(20)18-12-5-6-14-15(8-12)24-10-23-14/h2-8,19H,9-10H2,1H3,(H2,17,18,20). The number of anilines is 2. The minimum atomic E-state index is -3.34. The maximum Gasteiger partial charge on any atom is 0.319 e. The number of carbonyl (C=O) groups excluding carboxylic acids is 1. The van der Waals surface area contributed by atoms with Crippen LogP contribution in [0.2, 0.25) is 0 Å². The molecule has 0 saturated heterocycles. The minimum absolute atomic E-state index is 0.169. The first-order valence-corrected chi connectivity index (χ1v) is 9.29. The zero-order chi connectivity index (χ0) is 17.9. The fourth-order valence-corrected chi connectivity index (χ4v) is 2.85. The SMILES string of the molecule is CS(=O)(=O)Nc1cccc(CNC(=O)Nc2ccc3c(c2)OCO3)c1. The number of hydrogen-bond donors (Lipinski definition) is 3. The van der Waals surface area contributed by atoms with E-state index in [1.54, 1.807) is 42.5 Å². The van der Waals surface area contributed by atoms with Crippen LogP contribution in [-0.4, -0.2) is 27.5 Å². The van der Waals surface area contributed by atoms with Crippen molar-refractivity contribution >= 4 is 27.4 Å². The molecule has 1 aliphatic rings. The first-order chi connectivity index (χ1) is 11.9. The summed E-state index contributed by atoms with van der Waals surface area (Å²) in [5.41, 5.74) is 1.78.